The fourth-order valence-corrected chi connectivity index (χ4v) is 4.93. The van der Waals surface area contributed by atoms with E-state index in [-0.39, 0.29) is 11.0 Å². The number of ketones is 1. The minimum atomic E-state index is 0.0167. The smallest absolute Gasteiger partial charge is 0.176 e. The highest BCUT2D eigenvalue weighted by Crippen LogP contribution is 2.37. The second kappa shape index (κ2) is 6.76. The van der Waals surface area contributed by atoms with Crippen molar-refractivity contribution in [2.45, 2.75) is 29.6 Å². The molecule has 0 aliphatic carbocycles. The van der Waals surface area contributed by atoms with Gasteiger partial charge in [0.2, 0.25) is 0 Å². The Bertz CT molecular complexity index is 468. The molecule has 1 saturated heterocycles. The molecule has 2 rings (SSSR count). The molecule has 0 amide bonds. The van der Waals surface area contributed by atoms with Gasteiger partial charge in [0.05, 0.1) is 19.5 Å². The third-order valence-corrected chi connectivity index (χ3v) is 6.87. The van der Waals surface area contributed by atoms with Gasteiger partial charge in [-0.15, -0.1) is 11.8 Å². The minimum Gasteiger partial charge on any atom is -0.497 e. The van der Waals surface area contributed by atoms with Crippen LogP contribution in [0.3, 0.4) is 0 Å². The van der Waals surface area contributed by atoms with Crippen LogP contribution in [0.5, 0.6) is 11.5 Å². The monoisotopic (exact) mass is 312 g/mol. The van der Waals surface area contributed by atoms with Gasteiger partial charge in [-0.2, -0.15) is 11.8 Å². The van der Waals surface area contributed by atoms with Crippen LogP contribution in [0.25, 0.3) is 0 Å². The minimum absolute atomic E-state index is 0.0167. The van der Waals surface area contributed by atoms with Crippen LogP contribution in [0.15, 0.2) is 18.2 Å². The Kier molecular flexibility index (Phi) is 5.27. The average molecular weight is 312 g/mol. The molecule has 1 heterocycles. The van der Waals surface area contributed by atoms with Crippen LogP contribution in [0.2, 0.25) is 0 Å². The van der Waals surface area contributed by atoms with Crippen LogP contribution in [-0.4, -0.2) is 41.5 Å². The van der Waals surface area contributed by atoms with Gasteiger partial charge in [0.1, 0.15) is 11.5 Å². The third-order valence-electron chi connectivity index (χ3n) is 3.48. The van der Waals surface area contributed by atoms with Crippen molar-refractivity contribution >= 4 is 29.3 Å². The van der Waals surface area contributed by atoms with E-state index in [1.807, 2.05) is 11.8 Å². The van der Waals surface area contributed by atoms with E-state index < -0.39 is 0 Å². The third kappa shape index (κ3) is 3.44. The largest absolute Gasteiger partial charge is 0.497 e. The summed E-state index contributed by atoms with van der Waals surface area (Å²) in [5.74, 6) is 2.35. The second-order valence-corrected chi connectivity index (χ2v) is 7.83. The number of Topliss-reactive ketones (excluding diaryl/α,β-unsaturated/α-hetero) is 1. The molecule has 3 atom stereocenters. The summed E-state index contributed by atoms with van der Waals surface area (Å²) in [6.07, 6.45) is 0. The van der Waals surface area contributed by atoms with Crippen molar-refractivity contribution in [3.8, 4) is 11.5 Å². The number of hydrogen-bond acceptors (Lipinski definition) is 5. The first kappa shape index (κ1) is 15.6. The number of benzene rings is 1. The van der Waals surface area contributed by atoms with E-state index >= 15 is 0 Å². The molecule has 1 aliphatic rings. The lowest BCUT2D eigenvalue weighted by Gasteiger charge is -2.30. The summed E-state index contributed by atoms with van der Waals surface area (Å²) in [6.45, 7) is 4.41. The van der Waals surface area contributed by atoms with Crippen molar-refractivity contribution in [3.63, 3.8) is 0 Å². The molecule has 1 aromatic carbocycles. The number of thioether (sulfide) groups is 2. The lowest BCUT2D eigenvalue weighted by molar-refractivity contribution is 0.0994. The summed E-state index contributed by atoms with van der Waals surface area (Å²) in [6, 6.07) is 5.36. The fourth-order valence-electron chi connectivity index (χ4n) is 2.06. The molecule has 5 heteroatoms. The lowest BCUT2D eigenvalue weighted by atomic mass is 10.1. The van der Waals surface area contributed by atoms with Crippen LogP contribution in [0.4, 0.5) is 0 Å². The predicted molar refractivity (Wildman–Crippen MR) is 86.6 cm³/mol. The van der Waals surface area contributed by atoms with Gasteiger partial charge in [0.25, 0.3) is 0 Å². The molecule has 20 heavy (non-hydrogen) atoms. The number of rotatable bonds is 4. The highest BCUT2D eigenvalue weighted by Gasteiger charge is 2.31. The predicted octanol–water partition coefficient (Wildman–Crippen LogP) is 3.51. The van der Waals surface area contributed by atoms with Gasteiger partial charge in [0.15, 0.2) is 5.78 Å². The maximum absolute atomic E-state index is 12.6. The maximum Gasteiger partial charge on any atom is 0.176 e. The Labute approximate surface area is 128 Å². The van der Waals surface area contributed by atoms with E-state index in [1.54, 1.807) is 44.2 Å². The van der Waals surface area contributed by atoms with Crippen molar-refractivity contribution in [2.75, 3.05) is 20.0 Å². The lowest BCUT2D eigenvalue weighted by Crippen LogP contribution is -2.31. The van der Waals surface area contributed by atoms with E-state index in [0.29, 0.717) is 27.6 Å². The standard InChI is InChI=1S/C15H20O3S2/c1-9-10(2)20-14(8-19-9)15(16)11-5-12(17-3)7-13(6-11)18-4/h5-7,9-10,14H,8H2,1-4H3. The van der Waals surface area contributed by atoms with Crippen LogP contribution in [-0.2, 0) is 0 Å². The summed E-state index contributed by atoms with van der Waals surface area (Å²) in [5, 5.41) is 1.11. The molecule has 110 valence electrons. The Morgan fingerprint density at radius 1 is 1.10 bits per heavy atom. The molecule has 1 fully saturated rings. The molecule has 1 aliphatic heterocycles. The Balaban J connectivity index is 2.20. The first-order chi connectivity index (χ1) is 9.55. The van der Waals surface area contributed by atoms with Crippen molar-refractivity contribution in [2.24, 2.45) is 0 Å². The fraction of sp³-hybridized carbons (Fsp3) is 0.533. The van der Waals surface area contributed by atoms with Gasteiger partial charge in [-0.1, -0.05) is 13.8 Å². The topological polar surface area (TPSA) is 35.5 Å². The summed E-state index contributed by atoms with van der Waals surface area (Å²) in [7, 11) is 3.19. The molecule has 0 aromatic heterocycles. The number of hydrogen-bond donors (Lipinski definition) is 0. The zero-order valence-electron chi connectivity index (χ0n) is 12.2. The SMILES string of the molecule is COc1cc(OC)cc(C(=O)C2CSC(C)C(C)S2)c1. The highest BCUT2D eigenvalue weighted by atomic mass is 32.2. The number of carbonyl (C=O) groups excluding carboxylic acids is 1. The maximum atomic E-state index is 12.6. The van der Waals surface area contributed by atoms with Gasteiger partial charge in [-0.3, -0.25) is 4.79 Å². The van der Waals surface area contributed by atoms with Crippen LogP contribution in [0.1, 0.15) is 24.2 Å². The second-order valence-electron chi connectivity index (χ2n) is 4.83. The Morgan fingerprint density at radius 3 is 2.20 bits per heavy atom. The van der Waals surface area contributed by atoms with Gasteiger partial charge in [-0.25, -0.2) is 0 Å². The van der Waals surface area contributed by atoms with E-state index in [0.717, 1.165) is 5.75 Å². The van der Waals surface area contributed by atoms with E-state index in [9.17, 15) is 4.79 Å². The van der Waals surface area contributed by atoms with Crippen LogP contribution in [0, 0.1) is 0 Å². The highest BCUT2D eigenvalue weighted by molar-refractivity contribution is 8.08. The van der Waals surface area contributed by atoms with Gasteiger partial charge in [-0.05, 0) is 12.1 Å². The van der Waals surface area contributed by atoms with Crippen molar-refractivity contribution < 1.29 is 14.3 Å². The van der Waals surface area contributed by atoms with Crippen LogP contribution >= 0.6 is 23.5 Å². The molecule has 0 spiro atoms. The molecular formula is C15H20O3S2. The van der Waals surface area contributed by atoms with Crippen LogP contribution < -0.4 is 9.47 Å². The van der Waals surface area contributed by atoms with Crippen molar-refractivity contribution in [3.05, 3.63) is 23.8 Å². The zero-order chi connectivity index (χ0) is 14.7. The summed E-state index contributed by atoms with van der Waals surface area (Å²) < 4.78 is 10.5. The first-order valence-electron chi connectivity index (χ1n) is 6.59. The van der Waals surface area contributed by atoms with Gasteiger partial charge < -0.3 is 9.47 Å². The zero-order valence-corrected chi connectivity index (χ0v) is 13.8. The van der Waals surface area contributed by atoms with Crippen molar-refractivity contribution in [1.29, 1.82) is 0 Å². The molecule has 3 nitrogen and oxygen atoms in total. The number of methoxy groups -OCH3 is 2. The molecule has 0 radical (unpaired) electrons. The van der Waals surface area contributed by atoms with Crippen molar-refractivity contribution in [1.82, 2.24) is 0 Å². The first-order valence-corrected chi connectivity index (χ1v) is 8.58. The summed E-state index contributed by atoms with van der Waals surface area (Å²) >= 11 is 3.65. The number of carbonyl (C=O) groups is 1. The Hall–Kier alpha value is -0.810. The summed E-state index contributed by atoms with van der Waals surface area (Å²) in [5.41, 5.74) is 0.668. The quantitative estimate of drug-likeness (QED) is 0.795. The molecule has 1 aromatic rings. The Morgan fingerprint density at radius 2 is 1.70 bits per heavy atom. The van der Waals surface area contributed by atoms with E-state index in [1.165, 1.54) is 0 Å². The van der Waals surface area contributed by atoms with Gasteiger partial charge in [0, 0.05) is 27.9 Å². The molecule has 0 saturated carbocycles. The van der Waals surface area contributed by atoms with E-state index in [4.69, 9.17) is 9.47 Å². The van der Waals surface area contributed by atoms with Gasteiger partial charge >= 0.3 is 0 Å². The normalized spacial score (nSPS) is 26.1. The molecular weight excluding hydrogens is 292 g/mol. The average Bonchev–Trinajstić information content (AvgIpc) is 2.48. The molecule has 3 unspecified atom stereocenters. The van der Waals surface area contributed by atoms with E-state index in [2.05, 4.69) is 13.8 Å². The molecule has 0 N–H and O–H groups in total. The molecule has 0 bridgehead atoms. The number of ether oxygens (including phenoxy) is 2. The summed E-state index contributed by atoms with van der Waals surface area (Å²) in [4.78, 5) is 12.6.